The van der Waals surface area contributed by atoms with E-state index in [9.17, 15) is 19.2 Å². The number of hydrogen-bond donors (Lipinski definition) is 1. The molecule has 1 amide bonds. The normalized spacial score (nSPS) is 14.2. The van der Waals surface area contributed by atoms with Gasteiger partial charge in [-0.1, -0.05) is 30.3 Å². The van der Waals surface area contributed by atoms with Gasteiger partial charge in [-0.15, -0.1) is 11.3 Å². The SMILES string of the molecule is COC(=O)c1c(NC(=O)CCC(=O)OCC(=O)c2ccc(OC)cc2)sc2c1CCC(c1ccccc1)C2. The maximum absolute atomic E-state index is 12.7. The summed E-state index contributed by atoms with van der Waals surface area (Å²) in [6.45, 7) is -0.417. The molecule has 0 radical (unpaired) electrons. The maximum Gasteiger partial charge on any atom is 0.341 e. The molecule has 1 aliphatic rings. The van der Waals surface area contributed by atoms with Gasteiger partial charge in [-0.05, 0) is 60.6 Å². The molecule has 1 heterocycles. The van der Waals surface area contributed by atoms with Gasteiger partial charge in [0.15, 0.2) is 12.4 Å². The lowest BCUT2D eigenvalue weighted by Gasteiger charge is -2.22. The number of nitrogens with one attached hydrogen (secondary N) is 1. The summed E-state index contributed by atoms with van der Waals surface area (Å²) in [6.07, 6.45) is 2.03. The van der Waals surface area contributed by atoms with Gasteiger partial charge in [0.25, 0.3) is 0 Å². The van der Waals surface area contributed by atoms with Crippen molar-refractivity contribution in [3.05, 3.63) is 81.7 Å². The Labute approximate surface area is 224 Å². The Kier molecular flexibility index (Phi) is 8.91. The fraction of sp³-hybridized carbons (Fsp3) is 0.310. The maximum atomic E-state index is 12.7. The number of ether oxygens (including phenoxy) is 3. The van der Waals surface area contributed by atoms with E-state index >= 15 is 0 Å². The van der Waals surface area contributed by atoms with Crippen molar-refractivity contribution in [3.8, 4) is 5.75 Å². The summed E-state index contributed by atoms with van der Waals surface area (Å²) >= 11 is 1.38. The van der Waals surface area contributed by atoms with Crippen molar-refractivity contribution < 1.29 is 33.4 Å². The molecule has 0 aliphatic heterocycles. The van der Waals surface area contributed by atoms with E-state index in [4.69, 9.17) is 14.2 Å². The number of esters is 2. The molecule has 8 nitrogen and oxygen atoms in total. The molecule has 4 rings (SSSR count). The number of fused-ring (bicyclic) bond motifs is 1. The van der Waals surface area contributed by atoms with Crippen LogP contribution in [-0.4, -0.2) is 44.5 Å². The molecular weight excluding hydrogens is 506 g/mol. The average molecular weight is 536 g/mol. The number of methoxy groups -OCH3 is 2. The zero-order valence-electron chi connectivity index (χ0n) is 21.3. The Morgan fingerprint density at radius 1 is 0.974 bits per heavy atom. The Balaban J connectivity index is 1.33. The van der Waals surface area contributed by atoms with Crippen molar-refractivity contribution in [2.75, 3.05) is 26.1 Å². The fourth-order valence-corrected chi connectivity index (χ4v) is 5.82. The first-order chi connectivity index (χ1) is 18.4. The third-order valence-corrected chi connectivity index (χ3v) is 7.68. The van der Waals surface area contributed by atoms with Crippen LogP contribution in [0.4, 0.5) is 5.00 Å². The molecule has 1 aromatic heterocycles. The first-order valence-electron chi connectivity index (χ1n) is 12.3. The minimum Gasteiger partial charge on any atom is -0.497 e. The number of hydrogen-bond acceptors (Lipinski definition) is 8. The van der Waals surface area contributed by atoms with Gasteiger partial charge < -0.3 is 19.5 Å². The molecule has 9 heteroatoms. The highest BCUT2D eigenvalue weighted by molar-refractivity contribution is 7.17. The fourth-order valence-electron chi connectivity index (χ4n) is 4.48. The third kappa shape index (κ3) is 6.47. The molecule has 1 unspecified atom stereocenters. The van der Waals surface area contributed by atoms with Crippen LogP contribution >= 0.6 is 11.3 Å². The largest absolute Gasteiger partial charge is 0.497 e. The molecule has 0 bridgehead atoms. The van der Waals surface area contributed by atoms with Crippen LogP contribution in [0.15, 0.2) is 54.6 Å². The summed E-state index contributed by atoms with van der Waals surface area (Å²) in [5, 5.41) is 3.22. The van der Waals surface area contributed by atoms with Crippen LogP contribution < -0.4 is 10.1 Å². The van der Waals surface area contributed by atoms with Crippen LogP contribution in [0.3, 0.4) is 0 Å². The predicted octanol–water partition coefficient (Wildman–Crippen LogP) is 4.96. The summed E-state index contributed by atoms with van der Waals surface area (Å²) in [4.78, 5) is 50.7. The third-order valence-electron chi connectivity index (χ3n) is 6.51. The van der Waals surface area contributed by atoms with Gasteiger partial charge in [0.2, 0.25) is 5.91 Å². The summed E-state index contributed by atoms with van der Waals surface area (Å²) < 4.78 is 15.1. The lowest BCUT2D eigenvalue weighted by molar-refractivity contribution is -0.143. The number of ketones is 1. The van der Waals surface area contributed by atoms with Crippen molar-refractivity contribution >= 4 is 40.0 Å². The number of Topliss-reactive ketones (excluding diaryl/α,β-unsaturated/α-hetero) is 1. The van der Waals surface area contributed by atoms with Gasteiger partial charge >= 0.3 is 11.9 Å². The minimum absolute atomic E-state index is 0.147. The van der Waals surface area contributed by atoms with Crippen LogP contribution in [0.2, 0.25) is 0 Å². The van der Waals surface area contributed by atoms with Crippen molar-refractivity contribution in [1.82, 2.24) is 0 Å². The van der Waals surface area contributed by atoms with E-state index in [-0.39, 0.29) is 18.6 Å². The molecule has 1 aliphatic carbocycles. The lowest BCUT2D eigenvalue weighted by Crippen LogP contribution is -2.18. The van der Waals surface area contributed by atoms with E-state index in [0.717, 1.165) is 23.3 Å². The van der Waals surface area contributed by atoms with Crippen molar-refractivity contribution in [3.63, 3.8) is 0 Å². The predicted molar refractivity (Wildman–Crippen MR) is 143 cm³/mol. The molecule has 2 aromatic carbocycles. The van der Waals surface area contributed by atoms with E-state index in [0.29, 0.717) is 34.2 Å². The van der Waals surface area contributed by atoms with E-state index < -0.39 is 24.5 Å². The van der Waals surface area contributed by atoms with E-state index in [2.05, 4.69) is 17.4 Å². The molecule has 1 atom stereocenters. The number of benzene rings is 2. The number of thiophene rings is 1. The quantitative estimate of drug-likeness (QED) is 0.289. The highest BCUT2D eigenvalue weighted by atomic mass is 32.1. The van der Waals surface area contributed by atoms with Crippen LogP contribution in [0.5, 0.6) is 5.75 Å². The van der Waals surface area contributed by atoms with Crippen LogP contribution in [-0.2, 0) is 31.9 Å². The number of amides is 1. The van der Waals surface area contributed by atoms with E-state index in [1.165, 1.54) is 31.1 Å². The lowest BCUT2D eigenvalue weighted by atomic mass is 9.83. The summed E-state index contributed by atoms with van der Waals surface area (Å²) in [7, 11) is 2.84. The van der Waals surface area contributed by atoms with Gasteiger partial charge in [-0.2, -0.15) is 0 Å². The average Bonchev–Trinajstić information content (AvgIpc) is 3.31. The topological polar surface area (TPSA) is 108 Å². The van der Waals surface area contributed by atoms with Gasteiger partial charge in [0.05, 0.1) is 26.2 Å². The Morgan fingerprint density at radius 3 is 2.39 bits per heavy atom. The smallest absolute Gasteiger partial charge is 0.341 e. The first kappa shape index (κ1) is 27.1. The van der Waals surface area contributed by atoms with Gasteiger partial charge in [-0.25, -0.2) is 4.79 Å². The van der Waals surface area contributed by atoms with Crippen LogP contribution in [0.1, 0.15) is 61.9 Å². The molecule has 0 fully saturated rings. The first-order valence-corrected chi connectivity index (χ1v) is 13.1. The number of rotatable bonds is 10. The second-order valence-electron chi connectivity index (χ2n) is 8.91. The number of carbonyl (C=O) groups excluding carboxylic acids is 4. The van der Waals surface area contributed by atoms with Crippen molar-refractivity contribution in [2.45, 2.75) is 38.0 Å². The van der Waals surface area contributed by atoms with Gasteiger partial charge in [-0.3, -0.25) is 14.4 Å². The van der Waals surface area contributed by atoms with Crippen molar-refractivity contribution in [2.24, 2.45) is 0 Å². The molecule has 0 saturated carbocycles. The van der Waals surface area contributed by atoms with Crippen LogP contribution in [0, 0.1) is 0 Å². The highest BCUT2D eigenvalue weighted by Crippen LogP contribution is 2.42. The second kappa shape index (κ2) is 12.5. The van der Waals surface area contributed by atoms with Crippen molar-refractivity contribution in [1.29, 1.82) is 0 Å². The molecular formula is C29H29NO7S. The number of carbonyl (C=O) groups is 4. The summed E-state index contributed by atoms with van der Waals surface area (Å²) in [5.41, 5.74) is 2.95. The Hall–Kier alpha value is -3.98. The van der Waals surface area contributed by atoms with Gasteiger partial charge in [0, 0.05) is 16.9 Å². The molecule has 3 aromatic rings. The molecule has 198 valence electrons. The Bertz CT molecular complexity index is 1310. The molecule has 1 N–H and O–H groups in total. The number of anilines is 1. The second-order valence-corrected chi connectivity index (χ2v) is 10.0. The zero-order valence-corrected chi connectivity index (χ0v) is 22.1. The summed E-state index contributed by atoms with van der Waals surface area (Å²) in [5.74, 6) is -0.981. The Morgan fingerprint density at radius 2 is 1.71 bits per heavy atom. The standard InChI is InChI=1S/C29H29NO7S/c1-35-21-11-8-19(9-12-21)23(31)17-37-26(33)15-14-25(32)30-28-27(29(34)36-2)22-13-10-20(16-24(22)38-28)18-6-4-3-5-7-18/h3-9,11-12,20H,10,13-17H2,1-2H3,(H,30,32). The van der Waals surface area contributed by atoms with Crippen LogP contribution in [0.25, 0.3) is 0 Å². The van der Waals surface area contributed by atoms with E-state index in [1.807, 2.05) is 18.2 Å². The molecule has 0 spiro atoms. The molecule has 38 heavy (non-hydrogen) atoms. The zero-order chi connectivity index (χ0) is 27.1. The highest BCUT2D eigenvalue weighted by Gasteiger charge is 2.30. The summed E-state index contributed by atoms with van der Waals surface area (Å²) in [6, 6.07) is 16.7. The van der Waals surface area contributed by atoms with Gasteiger partial charge in [0.1, 0.15) is 10.8 Å². The molecule has 0 saturated heterocycles. The van der Waals surface area contributed by atoms with E-state index in [1.54, 1.807) is 24.3 Å². The monoisotopic (exact) mass is 535 g/mol. The minimum atomic E-state index is -0.661.